The Labute approximate surface area is 86.5 Å². The summed E-state index contributed by atoms with van der Waals surface area (Å²) < 4.78 is 4.81. The van der Waals surface area contributed by atoms with E-state index in [1.54, 1.807) is 7.11 Å². The van der Waals surface area contributed by atoms with Gasteiger partial charge >= 0.3 is 0 Å². The molecule has 1 aromatic rings. The van der Waals surface area contributed by atoms with Crippen molar-refractivity contribution in [3.05, 3.63) is 10.0 Å². The second kappa shape index (κ2) is 5.66. The van der Waals surface area contributed by atoms with Crippen LogP contribution < -0.4 is 5.32 Å². The van der Waals surface area contributed by atoms with Gasteiger partial charge in [0.2, 0.25) is 5.01 Å². The Balaban J connectivity index is 2.44. The molecule has 5 nitrogen and oxygen atoms in total. The minimum Gasteiger partial charge on any atom is -0.383 e. The van der Waals surface area contributed by atoms with Gasteiger partial charge < -0.3 is 10.1 Å². The van der Waals surface area contributed by atoms with Crippen molar-refractivity contribution in [3.63, 3.8) is 0 Å². The Bertz CT molecular complexity index is 301. The van der Waals surface area contributed by atoms with E-state index in [2.05, 4.69) is 15.5 Å². The van der Waals surface area contributed by atoms with E-state index in [9.17, 15) is 4.79 Å². The predicted octanol–water partition coefficient (Wildman–Crippen LogP) is 0.477. The minimum absolute atomic E-state index is 0.181. The van der Waals surface area contributed by atoms with Gasteiger partial charge in [0.05, 0.1) is 6.61 Å². The topological polar surface area (TPSA) is 64.1 Å². The summed E-state index contributed by atoms with van der Waals surface area (Å²) in [5, 5.41) is 11.6. The predicted molar refractivity (Wildman–Crippen MR) is 53.5 cm³/mol. The van der Waals surface area contributed by atoms with Crippen LogP contribution in [0.3, 0.4) is 0 Å². The van der Waals surface area contributed by atoms with Crippen molar-refractivity contribution >= 4 is 17.2 Å². The van der Waals surface area contributed by atoms with Gasteiger partial charge in [0.1, 0.15) is 5.01 Å². The number of carbonyl (C=O) groups excluding carboxylic acids is 1. The number of aryl methyl sites for hydroxylation is 1. The third-order valence-electron chi connectivity index (χ3n) is 1.56. The first kappa shape index (κ1) is 11.1. The Kier molecular flexibility index (Phi) is 4.48. The SMILES string of the molecule is CCc1nnc(C(=O)NCCOC)s1. The molecular formula is C8H13N3O2S. The standard InChI is InChI=1S/C8H13N3O2S/c1-3-6-10-11-8(14-6)7(12)9-4-5-13-2/h3-5H2,1-2H3,(H,9,12). The number of rotatable bonds is 5. The van der Waals surface area contributed by atoms with Gasteiger partial charge in [-0.1, -0.05) is 18.3 Å². The van der Waals surface area contributed by atoms with Gasteiger partial charge in [0.25, 0.3) is 5.91 Å². The second-order valence-electron chi connectivity index (χ2n) is 2.60. The first-order valence-corrected chi connectivity index (χ1v) is 5.19. The number of nitrogens with one attached hydrogen (secondary N) is 1. The van der Waals surface area contributed by atoms with Crippen molar-refractivity contribution in [2.45, 2.75) is 13.3 Å². The zero-order chi connectivity index (χ0) is 10.4. The molecular weight excluding hydrogens is 202 g/mol. The van der Waals surface area contributed by atoms with Crippen LogP contribution in [0.15, 0.2) is 0 Å². The Morgan fingerprint density at radius 1 is 1.57 bits per heavy atom. The molecule has 0 fully saturated rings. The van der Waals surface area contributed by atoms with E-state index in [0.29, 0.717) is 18.2 Å². The zero-order valence-corrected chi connectivity index (χ0v) is 9.06. The Hall–Kier alpha value is -1.01. The van der Waals surface area contributed by atoms with Crippen molar-refractivity contribution in [1.29, 1.82) is 0 Å². The summed E-state index contributed by atoms with van der Waals surface area (Å²) in [7, 11) is 1.59. The van der Waals surface area contributed by atoms with Crippen LogP contribution >= 0.6 is 11.3 Å². The van der Waals surface area contributed by atoms with Crippen molar-refractivity contribution in [2.75, 3.05) is 20.3 Å². The van der Waals surface area contributed by atoms with Gasteiger partial charge in [-0.25, -0.2) is 0 Å². The molecule has 0 aliphatic heterocycles. The fourth-order valence-electron chi connectivity index (χ4n) is 0.830. The van der Waals surface area contributed by atoms with Crippen LogP contribution in [0.2, 0.25) is 0 Å². The van der Waals surface area contributed by atoms with Crippen LogP contribution in [-0.4, -0.2) is 36.4 Å². The highest BCUT2D eigenvalue weighted by atomic mass is 32.1. The van der Waals surface area contributed by atoms with E-state index < -0.39 is 0 Å². The highest BCUT2D eigenvalue weighted by Gasteiger charge is 2.10. The number of hydrogen-bond acceptors (Lipinski definition) is 5. The molecule has 1 aromatic heterocycles. The lowest BCUT2D eigenvalue weighted by molar-refractivity contribution is 0.0936. The van der Waals surface area contributed by atoms with E-state index in [0.717, 1.165) is 11.4 Å². The smallest absolute Gasteiger partial charge is 0.282 e. The van der Waals surface area contributed by atoms with Crippen molar-refractivity contribution in [1.82, 2.24) is 15.5 Å². The van der Waals surface area contributed by atoms with Gasteiger partial charge in [-0.05, 0) is 6.42 Å². The maximum absolute atomic E-state index is 11.4. The third-order valence-corrected chi connectivity index (χ3v) is 2.62. The molecule has 0 aliphatic rings. The summed E-state index contributed by atoms with van der Waals surface area (Å²) in [5.74, 6) is -0.181. The Morgan fingerprint density at radius 3 is 2.93 bits per heavy atom. The number of ether oxygens (including phenoxy) is 1. The van der Waals surface area contributed by atoms with E-state index >= 15 is 0 Å². The zero-order valence-electron chi connectivity index (χ0n) is 8.24. The van der Waals surface area contributed by atoms with E-state index in [4.69, 9.17) is 4.74 Å². The summed E-state index contributed by atoms with van der Waals surface area (Å²) in [5.41, 5.74) is 0. The molecule has 14 heavy (non-hydrogen) atoms. The molecule has 0 saturated carbocycles. The normalized spacial score (nSPS) is 10.1. The van der Waals surface area contributed by atoms with Gasteiger partial charge in [0, 0.05) is 13.7 Å². The summed E-state index contributed by atoms with van der Waals surface area (Å²) in [6.07, 6.45) is 0.809. The molecule has 0 aliphatic carbocycles. The van der Waals surface area contributed by atoms with Crippen LogP contribution in [0.25, 0.3) is 0 Å². The molecule has 78 valence electrons. The molecule has 0 radical (unpaired) electrons. The van der Waals surface area contributed by atoms with Gasteiger partial charge in [-0.2, -0.15) is 0 Å². The lowest BCUT2D eigenvalue weighted by atomic mass is 10.5. The molecule has 1 rings (SSSR count). The number of nitrogens with zero attached hydrogens (tertiary/aromatic N) is 2. The van der Waals surface area contributed by atoms with Crippen molar-refractivity contribution in [2.24, 2.45) is 0 Å². The molecule has 1 amide bonds. The summed E-state index contributed by atoms with van der Waals surface area (Å²) in [4.78, 5) is 11.4. The number of aromatic nitrogens is 2. The molecule has 0 spiro atoms. The number of carbonyl (C=O) groups is 1. The maximum Gasteiger partial charge on any atom is 0.282 e. The van der Waals surface area contributed by atoms with Crippen LogP contribution in [0.5, 0.6) is 0 Å². The molecule has 1 N–H and O–H groups in total. The molecule has 0 atom stereocenters. The maximum atomic E-state index is 11.4. The van der Waals surface area contributed by atoms with Crippen LogP contribution in [0, 0.1) is 0 Å². The highest BCUT2D eigenvalue weighted by molar-refractivity contribution is 7.13. The summed E-state index contributed by atoms with van der Waals surface area (Å²) >= 11 is 1.32. The molecule has 6 heteroatoms. The average molecular weight is 215 g/mol. The quantitative estimate of drug-likeness (QED) is 0.725. The molecule has 0 aromatic carbocycles. The molecule has 0 bridgehead atoms. The molecule has 0 unspecified atom stereocenters. The van der Waals surface area contributed by atoms with Crippen LogP contribution in [0.1, 0.15) is 21.7 Å². The van der Waals surface area contributed by atoms with Gasteiger partial charge in [-0.3, -0.25) is 4.79 Å². The number of methoxy groups -OCH3 is 1. The lowest BCUT2D eigenvalue weighted by Gasteiger charge is -1.99. The third kappa shape index (κ3) is 3.04. The fourth-order valence-corrected chi connectivity index (χ4v) is 1.53. The number of amides is 1. The molecule has 0 saturated heterocycles. The van der Waals surface area contributed by atoms with E-state index in [-0.39, 0.29) is 5.91 Å². The first-order chi connectivity index (χ1) is 6.77. The van der Waals surface area contributed by atoms with Gasteiger partial charge in [-0.15, -0.1) is 10.2 Å². The van der Waals surface area contributed by atoms with Gasteiger partial charge in [0.15, 0.2) is 0 Å². The van der Waals surface area contributed by atoms with Crippen LogP contribution in [0.4, 0.5) is 0 Å². The van der Waals surface area contributed by atoms with E-state index in [1.807, 2.05) is 6.92 Å². The highest BCUT2D eigenvalue weighted by Crippen LogP contribution is 2.09. The average Bonchev–Trinajstić information content (AvgIpc) is 2.66. The largest absolute Gasteiger partial charge is 0.383 e. The molecule has 1 heterocycles. The van der Waals surface area contributed by atoms with Crippen molar-refractivity contribution < 1.29 is 9.53 Å². The number of hydrogen-bond donors (Lipinski definition) is 1. The monoisotopic (exact) mass is 215 g/mol. The fraction of sp³-hybridized carbons (Fsp3) is 0.625. The Morgan fingerprint density at radius 2 is 2.36 bits per heavy atom. The summed E-state index contributed by atoms with van der Waals surface area (Å²) in [6.45, 7) is 2.98. The second-order valence-corrected chi connectivity index (χ2v) is 3.67. The van der Waals surface area contributed by atoms with Crippen molar-refractivity contribution in [3.8, 4) is 0 Å². The first-order valence-electron chi connectivity index (χ1n) is 4.37. The lowest BCUT2D eigenvalue weighted by Crippen LogP contribution is -2.26. The minimum atomic E-state index is -0.181. The van der Waals surface area contributed by atoms with E-state index in [1.165, 1.54) is 11.3 Å². The van der Waals surface area contributed by atoms with Crippen LogP contribution in [-0.2, 0) is 11.2 Å². The summed E-state index contributed by atoms with van der Waals surface area (Å²) in [6, 6.07) is 0.